The molecule has 0 spiro atoms. The molecule has 94 valence electrons. The lowest BCUT2D eigenvalue weighted by atomic mass is 10.3. The molecule has 1 aromatic heterocycles. The summed E-state index contributed by atoms with van der Waals surface area (Å²) in [5.41, 5.74) is 1.21. The fraction of sp³-hybridized carbons (Fsp3) is 0.667. The van der Waals surface area contributed by atoms with Crippen molar-refractivity contribution in [1.82, 2.24) is 19.8 Å². The molecule has 0 saturated heterocycles. The third-order valence-corrected chi connectivity index (χ3v) is 3.01. The van der Waals surface area contributed by atoms with Gasteiger partial charge in [-0.2, -0.15) is 0 Å². The normalized spacial score (nSPS) is 14.9. The number of amides is 1. The molecule has 2 rings (SSSR count). The van der Waals surface area contributed by atoms with E-state index in [4.69, 9.17) is 0 Å². The van der Waals surface area contributed by atoms with Crippen molar-refractivity contribution in [2.24, 2.45) is 0 Å². The SMILES string of the molecule is CN(C)C(=O)CCNCc1cncn1C1CC1. The van der Waals surface area contributed by atoms with E-state index in [0.29, 0.717) is 19.0 Å². The van der Waals surface area contributed by atoms with Gasteiger partial charge in [0.25, 0.3) is 0 Å². The van der Waals surface area contributed by atoms with Crippen molar-refractivity contribution in [3.8, 4) is 0 Å². The van der Waals surface area contributed by atoms with Crippen LogP contribution in [0.1, 0.15) is 31.0 Å². The first-order valence-corrected chi connectivity index (χ1v) is 6.10. The van der Waals surface area contributed by atoms with Crippen molar-refractivity contribution in [3.63, 3.8) is 0 Å². The summed E-state index contributed by atoms with van der Waals surface area (Å²) in [7, 11) is 3.56. The van der Waals surface area contributed by atoms with E-state index in [1.165, 1.54) is 18.5 Å². The minimum absolute atomic E-state index is 0.160. The molecule has 17 heavy (non-hydrogen) atoms. The molecule has 1 heterocycles. The van der Waals surface area contributed by atoms with Crippen molar-refractivity contribution in [2.45, 2.75) is 31.8 Å². The maximum Gasteiger partial charge on any atom is 0.223 e. The van der Waals surface area contributed by atoms with Crippen LogP contribution in [0.15, 0.2) is 12.5 Å². The van der Waals surface area contributed by atoms with Crippen molar-refractivity contribution in [1.29, 1.82) is 0 Å². The molecule has 1 amide bonds. The number of imidazole rings is 1. The first-order valence-electron chi connectivity index (χ1n) is 6.10. The van der Waals surface area contributed by atoms with Gasteiger partial charge >= 0.3 is 0 Å². The van der Waals surface area contributed by atoms with Crippen LogP contribution >= 0.6 is 0 Å². The molecule has 5 heteroatoms. The van der Waals surface area contributed by atoms with Gasteiger partial charge in [-0.15, -0.1) is 0 Å². The predicted molar refractivity (Wildman–Crippen MR) is 65.5 cm³/mol. The number of aromatic nitrogens is 2. The summed E-state index contributed by atoms with van der Waals surface area (Å²) < 4.78 is 2.24. The lowest BCUT2D eigenvalue weighted by Gasteiger charge is -2.11. The van der Waals surface area contributed by atoms with Gasteiger partial charge in [0.1, 0.15) is 0 Å². The molecular formula is C12H20N4O. The summed E-state index contributed by atoms with van der Waals surface area (Å²) in [5, 5.41) is 3.29. The predicted octanol–water partition coefficient (Wildman–Crippen LogP) is 0.786. The van der Waals surface area contributed by atoms with Crippen LogP contribution in [0.3, 0.4) is 0 Å². The van der Waals surface area contributed by atoms with E-state index in [1.807, 2.05) is 12.5 Å². The molecule has 5 nitrogen and oxygen atoms in total. The van der Waals surface area contributed by atoms with Gasteiger partial charge in [-0.05, 0) is 12.8 Å². The summed E-state index contributed by atoms with van der Waals surface area (Å²) in [6.45, 7) is 1.50. The Bertz CT molecular complexity index is 382. The number of carbonyl (C=O) groups excluding carboxylic acids is 1. The Labute approximate surface area is 102 Å². The van der Waals surface area contributed by atoms with Gasteiger partial charge in [-0.3, -0.25) is 4.79 Å². The summed E-state index contributed by atoms with van der Waals surface area (Å²) in [4.78, 5) is 17.2. The van der Waals surface area contributed by atoms with Crippen molar-refractivity contribution in [2.75, 3.05) is 20.6 Å². The average Bonchev–Trinajstić information content (AvgIpc) is 3.04. The zero-order chi connectivity index (χ0) is 12.3. The van der Waals surface area contributed by atoms with Crippen LogP contribution < -0.4 is 5.32 Å². The largest absolute Gasteiger partial charge is 0.349 e. The second-order valence-corrected chi connectivity index (χ2v) is 4.74. The van der Waals surface area contributed by atoms with Gasteiger partial charge in [0.15, 0.2) is 0 Å². The molecule has 0 bridgehead atoms. The fourth-order valence-electron chi connectivity index (χ4n) is 1.79. The fourth-order valence-corrected chi connectivity index (χ4v) is 1.79. The highest BCUT2D eigenvalue weighted by Crippen LogP contribution is 2.35. The molecule has 0 atom stereocenters. The Kier molecular flexibility index (Phi) is 3.78. The average molecular weight is 236 g/mol. The Morgan fingerprint density at radius 1 is 1.59 bits per heavy atom. The number of nitrogens with one attached hydrogen (secondary N) is 1. The molecule has 1 aliphatic carbocycles. The Hall–Kier alpha value is -1.36. The number of carbonyl (C=O) groups is 1. The molecule has 0 aromatic carbocycles. The molecule has 1 fully saturated rings. The lowest BCUT2D eigenvalue weighted by molar-refractivity contribution is -0.128. The number of nitrogens with zero attached hydrogens (tertiary/aromatic N) is 3. The number of hydrogen-bond acceptors (Lipinski definition) is 3. The van der Waals surface area contributed by atoms with E-state index in [1.54, 1.807) is 19.0 Å². The summed E-state index contributed by atoms with van der Waals surface area (Å²) in [5.74, 6) is 0.160. The van der Waals surface area contributed by atoms with E-state index in [9.17, 15) is 4.79 Å². The van der Waals surface area contributed by atoms with Gasteiger partial charge in [0, 0.05) is 45.8 Å². The Balaban J connectivity index is 1.71. The van der Waals surface area contributed by atoms with Gasteiger partial charge in [0.2, 0.25) is 5.91 Å². The third kappa shape index (κ3) is 3.30. The van der Waals surface area contributed by atoms with Gasteiger partial charge < -0.3 is 14.8 Å². The van der Waals surface area contributed by atoms with E-state index in [0.717, 1.165) is 6.54 Å². The maximum absolute atomic E-state index is 11.4. The third-order valence-electron chi connectivity index (χ3n) is 3.01. The molecule has 0 unspecified atom stereocenters. The Morgan fingerprint density at radius 2 is 2.35 bits per heavy atom. The second kappa shape index (κ2) is 5.31. The van der Waals surface area contributed by atoms with Crippen molar-refractivity contribution < 1.29 is 4.79 Å². The minimum atomic E-state index is 0.160. The van der Waals surface area contributed by atoms with E-state index in [2.05, 4.69) is 14.9 Å². The van der Waals surface area contributed by atoms with Crippen LogP contribution in [0.5, 0.6) is 0 Å². The van der Waals surface area contributed by atoms with Crippen molar-refractivity contribution in [3.05, 3.63) is 18.2 Å². The Morgan fingerprint density at radius 3 is 3.00 bits per heavy atom. The molecule has 1 N–H and O–H groups in total. The van der Waals surface area contributed by atoms with Crippen molar-refractivity contribution >= 4 is 5.91 Å². The van der Waals surface area contributed by atoms with Crippen LogP contribution in [-0.4, -0.2) is 41.0 Å². The highest BCUT2D eigenvalue weighted by molar-refractivity contribution is 5.75. The second-order valence-electron chi connectivity index (χ2n) is 4.74. The summed E-state index contributed by atoms with van der Waals surface area (Å²) >= 11 is 0. The lowest BCUT2D eigenvalue weighted by Crippen LogP contribution is -2.26. The topological polar surface area (TPSA) is 50.2 Å². The molecule has 1 aliphatic rings. The van der Waals surface area contributed by atoms with Crippen LogP contribution in [-0.2, 0) is 11.3 Å². The van der Waals surface area contributed by atoms with Crippen LogP contribution in [0.25, 0.3) is 0 Å². The van der Waals surface area contributed by atoms with Crippen LogP contribution in [0.2, 0.25) is 0 Å². The standard InChI is InChI=1S/C12H20N4O/c1-15(2)12(17)5-6-13-7-11-8-14-9-16(11)10-3-4-10/h8-10,13H,3-7H2,1-2H3. The zero-order valence-corrected chi connectivity index (χ0v) is 10.5. The summed E-state index contributed by atoms with van der Waals surface area (Å²) in [6, 6.07) is 0.665. The maximum atomic E-state index is 11.4. The van der Waals surface area contributed by atoms with Crippen LogP contribution in [0.4, 0.5) is 0 Å². The number of rotatable bonds is 6. The highest BCUT2D eigenvalue weighted by atomic mass is 16.2. The molecule has 1 aromatic rings. The molecule has 0 radical (unpaired) electrons. The summed E-state index contributed by atoms with van der Waals surface area (Å²) in [6.07, 6.45) is 6.88. The van der Waals surface area contributed by atoms with Gasteiger partial charge in [-0.1, -0.05) is 0 Å². The van der Waals surface area contributed by atoms with E-state index in [-0.39, 0.29) is 5.91 Å². The minimum Gasteiger partial charge on any atom is -0.349 e. The van der Waals surface area contributed by atoms with Crippen LogP contribution in [0, 0.1) is 0 Å². The molecule has 0 aliphatic heterocycles. The van der Waals surface area contributed by atoms with Gasteiger partial charge in [-0.25, -0.2) is 4.98 Å². The quantitative estimate of drug-likeness (QED) is 0.743. The molecular weight excluding hydrogens is 216 g/mol. The first-order chi connectivity index (χ1) is 8.18. The smallest absolute Gasteiger partial charge is 0.223 e. The zero-order valence-electron chi connectivity index (χ0n) is 10.5. The van der Waals surface area contributed by atoms with E-state index < -0.39 is 0 Å². The van der Waals surface area contributed by atoms with E-state index >= 15 is 0 Å². The monoisotopic (exact) mass is 236 g/mol. The van der Waals surface area contributed by atoms with Gasteiger partial charge in [0.05, 0.1) is 12.0 Å². The number of hydrogen-bond donors (Lipinski definition) is 1. The molecule has 1 saturated carbocycles. The highest BCUT2D eigenvalue weighted by Gasteiger charge is 2.24. The first kappa shape index (κ1) is 12.1.